The highest BCUT2D eigenvalue weighted by atomic mass is 16.3. The van der Waals surface area contributed by atoms with Gasteiger partial charge in [0.25, 0.3) is 0 Å². The second kappa shape index (κ2) is 11.2. The minimum absolute atomic E-state index is 0.274. The molecule has 0 aliphatic rings. The average molecular weight is 675 g/mol. The maximum Gasteiger partial charge on any atom is 0.201 e. The van der Waals surface area contributed by atoms with E-state index in [1.54, 1.807) is 24.3 Å². The summed E-state index contributed by atoms with van der Waals surface area (Å²) in [5.41, 5.74) is 8.35. The van der Waals surface area contributed by atoms with Gasteiger partial charge in [-0.2, -0.15) is 10.5 Å². The summed E-state index contributed by atoms with van der Waals surface area (Å²) in [6, 6.07) is 47.6. The number of nitriles is 2. The molecule has 10 aromatic rings. The number of para-hydroxylation sites is 4. The van der Waals surface area contributed by atoms with Gasteiger partial charge in [-0.1, -0.05) is 72.8 Å². The summed E-state index contributed by atoms with van der Waals surface area (Å²) in [6.07, 6.45) is 0. The van der Waals surface area contributed by atoms with Gasteiger partial charge >= 0.3 is 0 Å². The van der Waals surface area contributed by atoms with Crippen LogP contribution in [0, 0.1) is 35.8 Å². The van der Waals surface area contributed by atoms with Gasteiger partial charge in [-0.25, -0.2) is 9.69 Å². The first-order valence-corrected chi connectivity index (χ1v) is 16.9. The zero-order valence-electron chi connectivity index (χ0n) is 27.8. The van der Waals surface area contributed by atoms with Crippen LogP contribution in [0.15, 0.2) is 138 Å². The number of benzene rings is 7. The number of hydrogen-bond acceptors (Lipinski definition) is 3. The molecule has 10 rings (SSSR count). The highest BCUT2D eigenvalue weighted by Crippen LogP contribution is 2.48. The lowest BCUT2D eigenvalue weighted by molar-refractivity contribution is 0.669. The number of fused-ring (bicyclic) bond motifs is 10. The van der Waals surface area contributed by atoms with Crippen LogP contribution in [0.4, 0.5) is 11.4 Å². The van der Waals surface area contributed by atoms with Crippen molar-refractivity contribution in [3.8, 4) is 34.6 Å². The molecule has 7 nitrogen and oxygen atoms in total. The highest BCUT2D eigenvalue weighted by Gasteiger charge is 2.26. The van der Waals surface area contributed by atoms with Crippen LogP contribution in [0.25, 0.3) is 97.7 Å². The van der Waals surface area contributed by atoms with Gasteiger partial charge in [-0.05, 0) is 66.2 Å². The molecule has 0 N–H and O–H groups in total. The van der Waals surface area contributed by atoms with Crippen LogP contribution in [0.3, 0.4) is 0 Å². The third-order valence-corrected chi connectivity index (χ3v) is 10.2. The van der Waals surface area contributed by atoms with E-state index in [0.29, 0.717) is 22.5 Å². The first-order valence-electron chi connectivity index (χ1n) is 16.9. The molecule has 0 aliphatic carbocycles. The lowest BCUT2D eigenvalue weighted by Crippen LogP contribution is -2.05. The number of nitrogens with zero attached hydrogens (tertiary/aromatic N) is 6. The van der Waals surface area contributed by atoms with Gasteiger partial charge in [0, 0.05) is 37.9 Å². The Bertz CT molecular complexity index is 3350. The topological polar surface area (TPSA) is 79.3 Å². The highest BCUT2D eigenvalue weighted by molar-refractivity contribution is 6.27. The Morgan fingerprint density at radius 2 is 1.11 bits per heavy atom. The molecule has 0 spiro atoms. The van der Waals surface area contributed by atoms with E-state index in [9.17, 15) is 10.5 Å². The number of furan rings is 1. The first-order chi connectivity index (χ1) is 26.1. The van der Waals surface area contributed by atoms with E-state index in [0.717, 1.165) is 65.6 Å². The molecule has 3 heterocycles. The monoisotopic (exact) mass is 674 g/mol. The molecule has 0 atom stereocenters. The fourth-order valence-electron chi connectivity index (χ4n) is 8.10. The summed E-state index contributed by atoms with van der Waals surface area (Å²) in [4.78, 5) is 7.81. The Balaban J connectivity index is 1.42. The van der Waals surface area contributed by atoms with E-state index < -0.39 is 0 Å². The summed E-state index contributed by atoms with van der Waals surface area (Å²) in [5, 5.41) is 27.2. The second-order valence-electron chi connectivity index (χ2n) is 12.9. The van der Waals surface area contributed by atoms with Crippen LogP contribution in [0.1, 0.15) is 11.1 Å². The van der Waals surface area contributed by atoms with Crippen molar-refractivity contribution in [3.05, 3.63) is 167 Å². The van der Waals surface area contributed by atoms with Crippen molar-refractivity contribution in [2.24, 2.45) is 0 Å². The van der Waals surface area contributed by atoms with Gasteiger partial charge in [0.15, 0.2) is 5.69 Å². The summed E-state index contributed by atoms with van der Waals surface area (Å²) >= 11 is 0. The SMILES string of the molecule is [C-]#[N+]c1cc([N+]#[C-])c(-n2c3ccccc3c3ccccc32)c(-c2cc(C#N)cc(C#N)c2-n2c3ccccc3c3c4c(ccc32)oc2ccccc24)c1. The molecule has 3 aromatic heterocycles. The fraction of sp³-hybridized carbons (Fsp3) is 0. The fourth-order valence-corrected chi connectivity index (χ4v) is 8.10. The lowest BCUT2D eigenvalue weighted by Gasteiger charge is -2.21. The molecule has 0 saturated carbocycles. The lowest BCUT2D eigenvalue weighted by atomic mass is 9.94. The minimum Gasteiger partial charge on any atom is -0.456 e. The molecule has 0 saturated heterocycles. The van der Waals surface area contributed by atoms with Crippen LogP contribution < -0.4 is 0 Å². The van der Waals surface area contributed by atoms with Crippen molar-refractivity contribution >= 4 is 76.9 Å². The van der Waals surface area contributed by atoms with E-state index in [-0.39, 0.29) is 22.5 Å². The van der Waals surface area contributed by atoms with Crippen molar-refractivity contribution in [3.63, 3.8) is 0 Å². The molecular formula is C46H22N6O. The summed E-state index contributed by atoms with van der Waals surface area (Å²) in [5.74, 6) is 0. The zero-order valence-corrected chi connectivity index (χ0v) is 27.8. The maximum absolute atomic E-state index is 10.9. The molecule has 0 radical (unpaired) electrons. The Morgan fingerprint density at radius 3 is 1.77 bits per heavy atom. The van der Waals surface area contributed by atoms with Crippen molar-refractivity contribution in [1.29, 1.82) is 10.5 Å². The van der Waals surface area contributed by atoms with Crippen molar-refractivity contribution < 1.29 is 4.42 Å². The first kappa shape index (κ1) is 29.8. The molecular weight excluding hydrogens is 653 g/mol. The number of hydrogen-bond donors (Lipinski definition) is 0. The Hall–Kier alpha value is -8.10. The molecule has 7 heteroatoms. The van der Waals surface area contributed by atoms with Crippen LogP contribution >= 0.6 is 0 Å². The molecule has 0 aliphatic heterocycles. The molecule has 53 heavy (non-hydrogen) atoms. The molecule has 0 fully saturated rings. The Kier molecular flexibility index (Phi) is 6.30. The van der Waals surface area contributed by atoms with E-state index in [1.807, 2.05) is 84.9 Å². The molecule has 0 bridgehead atoms. The van der Waals surface area contributed by atoms with Crippen LogP contribution in [0.5, 0.6) is 0 Å². The van der Waals surface area contributed by atoms with Gasteiger partial charge in [-0.15, -0.1) is 0 Å². The minimum atomic E-state index is 0.274. The molecule has 0 amide bonds. The number of rotatable bonds is 3. The molecule has 242 valence electrons. The third-order valence-electron chi connectivity index (χ3n) is 10.2. The van der Waals surface area contributed by atoms with Gasteiger partial charge in [-0.3, -0.25) is 0 Å². The van der Waals surface area contributed by atoms with E-state index >= 15 is 0 Å². The third kappa shape index (κ3) is 4.11. The second-order valence-corrected chi connectivity index (χ2v) is 12.9. The largest absolute Gasteiger partial charge is 0.456 e. The van der Waals surface area contributed by atoms with Gasteiger partial charge in [0.2, 0.25) is 5.69 Å². The Labute approximate surface area is 302 Å². The van der Waals surface area contributed by atoms with Crippen molar-refractivity contribution in [2.75, 3.05) is 0 Å². The molecule has 0 unspecified atom stereocenters. The van der Waals surface area contributed by atoms with E-state index in [2.05, 4.69) is 55.2 Å². The molecule has 7 aromatic carbocycles. The summed E-state index contributed by atoms with van der Waals surface area (Å²) < 4.78 is 10.5. The van der Waals surface area contributed by atoms with Crippen LogP contribution in [-0.4, -0.2) is 9.13 Å². The van der Waals surface area contributed by atoms with Crippen molar-refractivity contribution in [2.45, 2.75) is 0 Å². The predicted molar refractivity (Wildman–Crippen MR) is 210 cm³/mol. The van der Waals surface area contributed by atoms with Crippen LogP contribution in [-0.2, 0) is 0 Å². The summed E-state index contributed by atoms with van der Waals surface area (Å²) in [7, 11) is 0. The van der Waals surface area contributed by atoms with E-state index in [4.69, 9.17) is 17.6 Å². The van der Waals surface area contributed by atoms with Gasteiger partial charge in [0.1, 0.15) is 17.2 Å². The predicted octanol–water partition coefficient (Wildman–Crippen LogP) is 12.3. The quantitative estimate of drug-likeness (QED) is 0.175. The summed E-state index contributed by atoms with van der Waals surface area (Å²) in [6.45, 7) is 16.5. The normalized spacial score (nSPS) is 11.3. The van der Waals surface area contributed by atoms with Gasteiger partial charge in [0.05, 0.1) is 63.8 Å². The number of aromatic nitrogens is 2. The van der Waals surface area contributed by atoms with Crippen molar-refractivity contribution in [1.82, 2.24) is 9.13 Å². The van der Waals surface area contributed by atoms with Gasteiger partial charge < -0.3 is 13.6 Å². The standard InChI is InChI=1S/C46H22N6O/c1-49-29-23-35(46(36(24-29)50-2)51-37-15-7-3-11-30(37)31-12-4-8-16-38(31)51)34-22-27(25-47)21-28(26-48)45(34)52-39-17-9-5-13-32(39)43-40(52)19-20-42-44(43)33-14-6-10-18-41(33)53-42/h3-24H. The zero-order chi connectivity index (χ0) is 35.8. The Morgan fingerprint density at radius 1 is 0.509 bits per heavy atom. The average Bonchev–Trinajstić information content (AvgIpc) is 3.87. The maximum atomic E-state index is 10.9. The van der Waals surface area contributed by atoms with E-state index in [1.165, 1.54) is 0 Å². The smallest absolute Gasteiger partial charge is 0.201 e. The van der Waals surface area contributed by atoms with Crippen LogP contribution in [0.2, 0.25) is 0 Å².